The van der Waals surface area contributed by atoms with Crippen LogP contribution < -0.4 is 15.2 Å². The van der Waals surface area contributed by atoms with E-state index in [2.05, 4.69) is 5.32 Å². The molecule has 0 saturated heterocycles. The number of carbonyl (C=O) groups excluding carboxylic acids is 2. The molecule has 1 saturated carbocycles. The predicted octanol–water partition coefficient (Wildman–Crippen LogP) is 1.89. The molecule has 1 aliphatic carbocycles. The van der Waals surface area contributed by atoms with Crippen molar-refractivity contribution in [1.29, 1.82) is 0 Å². The summed E-state index contributed by atoms with van der Waals surface area (Å²) in [7, 11) is 0. The number of carboxylic acid groups (broad SMARTS) is 1. The summed E-state index contributed by atoms with van der Waals surface area (Å²) in [4.78, 5) is 22.8. The van der Waals surface area contributed by atoms with E-state index in [1.165, 1.54) is 0 Å². The Labute approximate surface area is 147 Å². The normalized spacial score (nSPS) is 20.2. The molecule has 0 spiro atoms. The van der Waals surface area contributed by atoms with Crippen LogP contribution in [0.1, 0.15) is 25.7 Å². The number of rotatable bonds is 6. The maximum absolute atomic E-state index is 12.0. The molecule has 25 heavy (non-hydrogen) atoms. The third kappa shape index (κ3) is 4.72. The minimum absolute atomic E-state index is 0.0211. The van der Waals surface area contributed by atoms with Gasteiger partial charge in [0.15, 0.2) is 6.61 Å². The zero-order chi connectivity index (χ0) is 17.6. The number of benzene rings is 2. The van der Waals surface area contributed by atoms with Crippen LogP contribution in [-0.2, 0) is 9.59 Å². The van der Waals surface area contributed by atoms with Crippen molar-refractivity contribution in [3.8, 4) is 5.75 Å². The van der Waals surface area contributed by atoms with Gasteiger partial charge in [-0.25, -0.2) is 0 Å². The Bertz CT molecular complexity index is 750. The first-order valence-electron chi connectivity index (χ1n) is 8.71. The number of ether oxygens (including phenoxy) is 1. The predicted molar refractivity (Wildman–Crippen MR) is 92.9 cm³/mol. The number of aliphatic carboxylic acids is 1. The Morgan fingerprint density at radius 2 is 1.76 bits per heavy atom. The maximum Gasteiger partial charge on any atom is 0.257 e. The van der Waals surface area contributed by atoms with Gasteiger partial charge in [0.2, 0.25) is 0 Å². The highest BCUT2D eigenvalue weighted by atomic mass is 16.5. The molecule has 0 bridgehead atoms. The summed E-state index contributed by atoms with van der Waals surface area (Å²) in [6.07, 6.45) is 2.89. The third-order valence-corrected chi connectivity index (χ3v) is 4.86. The highest BCUT2D eigenvalue weighted by molar-refractivity contribution is 5.84. The van der Waals surface area contributed by atoms with E-state index >= 15 is 0 Å². The van der Waals surface area contributed by atoms with Gasteiger partial charge in [-0.05, 0) is 60.4 Å². The average molecular weight is 340 g/mol. The fourth-order valence-electron chi connectivity index (χ4n) is 3.32. The second kappa shape index (κ2) is 8.01. The van der Waals surface area contributed by atoms with Crippen molar-refractivity contribution in [3.63, 3.8) is 0 Å². The Balaban J connectivity index is 1.41. The van der Waals surface area contributed by atoms with Gasteiger partial charge in [-0.2, -0.15) is 0 Å². The van der Waals surface area contributed by atoms with Gasteiger partial charge >= 0.3 is 0 Å². The van der Waals surface area contributed by atoms with E-state index in [0.29, 0.717) is 31.1 Å². The van der Waals surface area contributed by atoms with Crippen LogP contribution in [-0.4, -0.2) is 25.0 Å². The SMILES string of the molecule is O=C(COc1ccc2ccccc2c1)NCC1CCC(C(=O)[O-])CC1. The molecule has 1 N–H and O–H groups in total. The summed E-state index contributed by atoms with van der Waals surface area (Å²) in [5, 5.41) is 15.9. The molecule has 1 amide bonds. The van der Waals surface area contributed by atoms with Gasteiger partial charge in [-0.3, -0.25) is 4.79 Å². The van der Waals surface area contributed by atoms with Crippen molar-refractivity contribution in [1.82, 2.24) is 5.32 Å². The number of hydrogen-bond acceptors (Lipinski definition) is 4. The molecule has 5 nitrogen and oxygen atoms in total. The molecular weight excluding hydrogens is 318 g/mol. The van der Waals surface area contributed by atoms with Crippen LogP contribution in [0.3, 0.4) is 0 Å². The molecule has 0 unspecified atom stereocenters. The summed E-state index contributed by atoms with van der Waals surface area (Å²) in [6, 6.07) is 13.7. The zero-order valence-electron chi connectivity index (χ0n) is 14.1. The van der Waals surface area contributed by atoms with Gasteiger partial charge in [0.1, 0.15) is 5.75 Å². The molecule has 1 aliphatic rings. The van der Waals surface area contributed by atoms with Gasteiger partial charge in [0, 0.05) is 12.5 Å². The molecule has 0 atom stereocenters. The zero-order valence-corrected chi connectivity index (χ0v) is 14.1. The third-order valence-electron chi connectivity index (χ3n) is 4.86. The highest BCUT2D eigenvalue weighted by Gasteiger charge is 2.22. The van der Waals surface area contributed by atoms with Gasteiger partial charge in [-0.15, -0.1) is 0 Å². The summed E-state index contributed by atoms with van der Waals surface area (Å²) >= 11 is 0. The quantitative estimate of drug-likeness (QED) is 0.871. The smallest absolute Gasteiger partial charge is 0.257 e. The van der Waals surface area contributed by atoms with E-state index in [1.807, 2.05) is 42.5 Å². The highest BCUT2D eigenvalue weighted by Crippen LogP contribution is 2.28. The molecule has 3 rings (SSSR count). The maximum atomic E-state index is 12.0. The number of carbonyl (C=O) groups is 2. The molecule has 2 aromatic carbocycles. The average Bonchev–Trinajstić information content (AvgIpc) is 2.65. The van der Waals surface area contributed by atoms with Crippen molar-refractivity contribution in [2.45, 2.75) is 25.7 Å². The lowest BCUT2D eigenvalue weighted by Crippen LogP contribution is -2.37. The Kier molecular flexibility index (Phi) is 5.53. The van der Waals surface area contributed by atoms with Gasteiger partial charge in [0.05, 0.1) is 0 Å². The second-order valence-corrected chi connectivity index (χ2v) is 6.64. The van der Waals surface area contributed by atoms with Crippen LogP contribution in [0.5, 0.6) is 5.75 Å². The summed E-state index contributed by atoms with van der Waals surface area (Å²) < 4.78 is 5.57. The van der Waals surface area contributed by atoms with E-state index in [-0.39, 0.29) is 18.4 Å². The molecule has 0 aliphatic heterocycles. The van der Waals surface area contributed by atoms with Crippen LogP contribution in [0, 0.1) is 11.8 Å². The number of hydrogen-bond donors (Lipinski definition) is 1. The molecule has 1 fully saturated rings. The van der Waals surface area contributed by atoms with Crippen molar-refractivity contribution in [2.24, 2.45) is 11.8 Å². The first-order valence-corrected chi connectivity index (χ1v) is 8.71. The lowest BCUT2D eigenvalue weighted by atomic mass is 9.82. The fraction of sp³-hybridized carbons (Fsp3) is 0.400. The molecule has 2 aromatic rings. The van der Waals surface area contributed by atoms with Gasteiger partial charge < -0.3 is 20.0 Å². The topological polar surface area (TPSA) is 78.5 Å². The number of carboxylic acids is 1. The second-order valence-electron chi connectivity index (χ2n) is 6.64. The molecule has 132 valence electrons. The monoisotopic (exact) mass is 340 g/mol. The number of fused-ring (bicyclic) bond motifs is 1. The van der Waals surface area contributed by atoms with E-state index in [1.54, 1.807) is 0 Å². The summed E-state index contributed by atoms with van der Waals surface area (Å²) in [5.74, 6) is -0.437. The molecule has 0 radical (unpaired) electrons. The van der Waals surface area contributed by atoms with Crippen LogP contribution in [0.25, 0.3) is 10.8 Å². The van der Waals surface area contributed by atoms with Crippen molar-refractivity contribution in [3.05, 3.63) is 42.5 Å². The molecular formula is C20H22NO4-. The summed E-state index contributed by atoms with van der Waals surface area (Å²) in [6.45, 7) is 0.548. The summed E-state index contributed by atoms with van der Waals surface area (Å²) in [5.41, 5.74) is 0. The van der Waals surface area contributed by atoms with Gasteiger partial charge in [-0.1, -0.05) is 30.3 Å². The fourth-order valence-corrected chi connectivity index (χ4v) is 3.32. The van der Waals surface area contributed by atoms with E-state index in [9.17, 15) is 14.7 Å². The van der Waals surface area contributed by atoms with E-state index in [0.717, 1.165) is 23.6 Å². The van der Waals surface area contributed by atoms with Crippen LogP contribution >= 0.6 is 0 Å². The number of nitrogens with one attached hydrogen (secondary N) is 1. The van der Waals surface area contributed by atoms with Crippen molar-refractivity contribution < 1.29 is 19.4 Å². The lowest BCUT2D eigenvalue weighted by Gasteiger charge is -2.29. The Morgan fingerprint density at radius 1 is 1.04 bits per heavy atom. The van der Waals surface area contributed by atoms with Crippen LogP contribution in [0.2, 0.25) is 0 Å². The van der Waals surface area contributed by atoms with Crippen LogP contribution in [0.4, 0.5) is 0 Å². The molecule has 0 heterocycles. The van der Waals surface area contributed by atoms with Gasteiger partial charge in [0.25, 0.3) is 5.91 Å². The Morgan fingerprint density at radius 3 is 2.48 bits per heavy atom. The van der Waals surface area contributed by atoms with Crippen molar-refractivity contribution >= 4 is 22.6 Å². The van der Waals surface area contributed by atoms with E-state index < -0.39 is 5.97 Å². The number of amides is 1. The van der Waals surface area contributed by atoms with Crippen LogP contribution in [0.15, 0.2) is 42.5 Å². The first kappa shape index (κ1) is 17.3. The van der Waals surface area contributed by atoms with E-state index in [4.69, 9.17) is 4.74 Å². The largest absolute Gasteiger partial charge is 0.550 e. The molecule has 0 aromatic heterocycles. The molecule has 5 heteroatoms. The standard InChI is InChI=1S/C20H23NO4/c22-19(21-12-14-5-7-16(8-6-14)20(23)24)13-25-18-10-9-15-3-1-2-4-17(15)11-18/h1-4,9-11,14,16H,5-8,12-13H2,(H,21,22)(H,23,24)/p-1. The minimum atomic E-state index is -0.953. The minimum Gasteiger partial charge on any atom is -0.550 e. The Hall–Kier alpha value is -2.56. The first-order chi connectivity index (χ1) is 12.1. The van der Waals surface area contributed by atoms with Crippen molar-refractivity contribution in [2.75, 3.05) is 13.2 Å². The lowest BCUT2D eigenvalue weighted by molar-refractivity contribution is -0.312.